The molecule has 1 atom stereocenters. The first kappa shape index (κ1) is 9.55. The molecule has 1 unspecified atom stereocenters. The van der Waals surface area contributed by atoms with Crippen LogP contribution in [0.1, 0.15) is 12.2 Å². The van der Waals surface area contributed by atoms with Crippen LogP contribution in [0.5, 0.6) is 0 Å². The van der Waals surface area contributed by atoms with E-state index >= 15 is 0 Å². The summed E-state index contributed by atoms with van der Waals surface area (Å²) in [5.41, 5.74) is -0.811. The quantitative estimate of drug-likeness (QED) is 0.724. The van der Waals surface area contributed by atoms with Crippen molar-refractivity contribution in [2.75, 3.05) is 32.1 Å². The van der Waals surface area contributed by atoms with E-state index in [0.29, 0.717) is 18.7 Å². The molecule has 0 amide bonds. The van der Waals surface area contributed by atoms with Crippen LogP contribution in [0.25, 0.3) is 0 Å². The van der Waals surface area contributed by atoms with E-state index in [1.54, 1.807) is 0 Å². The molecule has 2 N–H and O–H groups in total. The van der Waals surface area contributed by atoms with Crippen LogP contribution in [-0.2, 0) is 5.60 Å². The summed E-state index contributed by atoms with van der Waals surface area (Å²) >= 11 is 0. The topological polar surface area (TPSA) is 48.6 Å². The molecule has 0 aliphatic carbocycles. The van der Waals surface area contributed by atoms with Gasteiger partial charge in [-0.1, -0.05) is 0 Å². The molecular formula is C10H16N2O2. The molecule has 14 heavy (non-hydrogen) atoms. The Bertz CT molecular complexity index is 314. The third-order valence-electron chi connectivity index (χ3n) is 2.62. The van der Waals surface area contributed by atoms with Crippen molar-refractivity contribution in [1.29, 1.82) is 0 Å². The Labute approximate surface area is 83.5 Å². The fourth-order valence-electron chi connectivity index (χ4n) is 1.71. The van der Waals surface area contributed by atoms with Gasteiger partial charge in [-0.05, 0) is 19.0 Å². The van der Waals surface area contributed by atoms with Gasteiger partial charge in [-0.2, -0.15) is 0 Å². The van der Waals surface area contributed by atoms with Crippen LogP contribution < -0.4 is 10.2 Å². The molecule has 1 aromatic rings. The summed E-state index contributed by atoms with van der Waals surface area (Å²) in [6.45, 7) is 1.42. The Morgan fingerprint density at radius 3 is 2.79 bits per heavy atom. The second kappa shape index (κ2) is 3.29. The van der Waals surface area contributed by atoms with E-state index in [9.17, 15) is 5.11 Å². The first-order chi connectivity index (χ1) is 6.62. The highest BCUT2D eigenvalue weighted by Gasteiger charge is 2.36. The summed E-state index contributed by atoms with van der Waals surface area (Å²) < 4.78 is 5.57. The van der Waals surface area contributed by atoms with Gasteiger partial charge in [-0.15, -0.1) is 0 Å². The highest BCUT2D eigenvalue weighted by atomic mass is 16.4. The zero-order valence-corrected chi connectivity index (χ0v) is 8.58. The summed E-state index contributed by atoms with van der Waals surface area (Å²) in [7, 11) is 3.83. The number of rotatable bonds is 2. The summed E-state index contributed by atoms with van der Waals surface area (Å²) in [6.07, 6.45) is 0.716. The molecule has 0 radical (unpaired) electrons. The van der Waals surface area contributed by atoms with Gasteiger partial charge >= 0.3 is 0 Å². The molecule has 2 rings (SSSR count). The Morgan fingerprint density at radius 2 is 2.29 bits per heavy atom. The number of aliphatic hydroxyl groups is 1. The fourth-order valence-corrected chi connectivity index (χ4v) is 1.71. The Morgan fingerprint density at radius 1 is 1.50 bits per heavy atom. The van der Waals surface area contributed by atoms with Gasteiger partial charge in [0.2, 0.25) is 0 Å². The van der Waals surface area contributed by atoms with Gasteiger partial charge in [0.05, 0.1) is 0 Å². The molecule has 1 saturated heterocycles. The molecule has 4 heteroatoms. The van der Waals surface area contributed by atoms with E-state index in [1.807, 2.05) is 31.1 Å². The molecule has 0 bridgehead atoms. The summed E-state index contributed by atoms with van der Waals surface area (Å²) in [5.74, 6) is 1.44. The van der Waals surface area contributed by atoms with Crippen LogP contribution in [0, 0.1) is 0 Å². The van der Waals surface area contributed by atoms with Crippen LogP contribution in [0.15, 0.2) is 16.5 Å². The molecule has 0 aromatic carbocycles. The van der Waals surface area contributed by atoms with E-state index in [-0.39, 0.29) is 0 Å². The van der Waals surface area contributed by atoms with Crippen molar-refractivity contribution in [3.63, 3.8) is 0 Å². The number of nitrogens with zero attached hydrogens (tertiary/aromatic N) is 1. The van der Waals surface area contributed by atoms with Crippen molar-refractivity contribution in [3.8, 4) is 0 Å². The summed E-state index contributed by atoms with van der Waals surface area (Å²) in [6, 6.07) is 3.73. The maximum atomic E-state index is 10.2. The Hall–Kier alpha value is -1.00. The molecule has 0 spiro atoms. The standard InChI is InChI=1S/C10H16N2O2/c1-12(2)9-4-3-8(14-9)10(13)5-6-11-7-10/h3-4,11,13H,5-7H2,1-2H3. The number of β-amino-alcohol motifs (C(OH)–C–C–N with tert-alkyl or cyclic N) is 1. The second-order valence-corrected chi connectivity index (χ2v) is 3.99. The van der Waals surface area contributed by atoms with Crippen molar-refractivity contribution in [3.05, 3.63) is 17.9 Å². The highest BCUT2D eigenvalue weighted by molar-refractivity contribution is 5.35. The van der Waals surface area contributed by atoms with Crippen LogP contribution in [0.2, 0.25) is 0 Å². The highest BCUT2D eigenvalue weighted by Crippen LogP contribution is 2.31. The lowest BCUT2D eigenvalue weighted by Gasteiger charge is -2.18. The van der Waals surface area contributed by atoms with E-state index in [2.05, 4.69) is 5.32 Å². The minimum absolute atomic E-state index is 0.577. The maximum absolute atomic E-state index is 10.2. The third kappa shape index (κ3) is 1.51. The second-order valence-electron chi connectivity index (χ2n) is 3.99. The molecule has 1 aromatic heterocycles. The van der Waals surface area contributed by atoms with Crippen molar-refractivity contribution in [2.45, 2.75) is 12.0 Å². The minimum Gasteiger partial charge on any atom is -0.442 e. The van der Waals surface area contributed by atoms with Gasteiger partial charge in [0, 0.05) is 26.7 Å². The molecule has 1 aliphatic heterocycles. The minimum atomic E-state index is -0.811. The van der Waals surface area contributed by atoms with Crippen LogP contribution >= 0.6 is 0 Å². The lowest BCUT2D eigenvalue weighted by Crippen LogP contribution is -2.27. The Balaban J connectivity index is 2.23. The number of furan rings is 1. The van der Waals surface area contributed by atoms with Crippen molar-refractivity contribution >= 4 is 5.88 Å². The van der Waals surface area contributed by atoms with Crippen molar-refractivity contribution < 1.29 is 9.52 Å². The average molecular weight is 196 g/mol. The molecule has 4 nitrogen and oxygen atoms in total. The largest absolute Gasteiger partial charge is 0.442 e. The van der Waals surface area contributed by atoms with Crippen LogP contribution in [-0.4, -0.2) is 32.3 Å². The average Bonchev–Trinajstić information content (AvgIpc) is 2.71. The number of nitrogens with one attached hydrogen (secondary N) is 1. The van der Waals surface area contributed by atoms with Gasteiger partial charge in [0.15, 0.2) is 5.88 Å². The molecule has 2 heterocycles. The summed E-state index contributed by atoms with van der Waals surface area (Å²) in [4.78, 5) is 1.88. The van der Waals surface area contributed by atoms with E-state index < -0.39 is 5.60 Å². The normalized spacial score (nSPS) is 26.8. The third-order valence-corrected chi connectivity index (χ3v) is 2.62. The maximum Gasteiger partial charge on any atom is 0.195 e. The fraction of sp³-hybridized carbons (Fsp3) is 0.600. The first-order valence-electron chi connectivity index (χ1n) is 4.82. The van der Waals surface area contributed by atoms with Gasteiger partial charge < -0.3 is 19.7 Å². The van der Waals surface area contributed by atoms with Gasteiger partial charge in [0.1, 0.15) is 11.4 Å². The number of hydrogen-bond donors (Lipinski definition) is 2. The molecule has 78 valence electrons. The zero-order valence-electron chi connectivity index (χ0n) is 8.58. The van der Waals surface area contributed by atoms with Crippen molar-refractivity contribution in [1.82, 2.24) is 5.32 Å². The molecule has 0 saturated carbocycles. The van der Waals surface area contributed by atoms with Gasteiger partial charge in [0.25, 0.3) is 0 Å². The lowest BCUT2D eigenvalue weighted by molar-refractivity contribution is 0.0361. The van der Waals surface area contributed by atoms with E-state index in [1.165, 1.54) is 0 Å². The first-order valence-corrected chi connectivity index (χ1v) is 4.82. The van der Waals surface area contributed by atoms with E-state index in [0.717, 1.165) is 12.4 Å². The Kier molecular flexibility index (Phi) is 2.25. The molecule has 1 fully saturated rings. The number of anilines is 1. The smallest absolute Gasteiger partial charge is 0.195 e. The lowest BCUT2D eigenvalue weighted by atomic mass is 10.0. The van der Waals surface area contributed by atoms with Gasteiger partial charge in [-0.3, -0.25) is 0 Å². The summed E-state index contributed by atoms with van der Waals surface area (Å²) in [5, 5.41) is 13.3. The number of hydrogen-bond acceptors (Lipinski definition) is 4. The zero-order chi connectivity index (χ0) is 10.2. The molecule has 1 aliphatic rings. The monoisotopic (exact) mass is 196 g/mol. The van der Waals surface area contributed by atoms with Crippen LogP contribution in [0.3, 0.4) is 0 Å². The van der Waals surface area contributed by atoms with E-state index in [4.69, 9.17) is 4.42 Å². The molecular weight excluding hydrogens is 180 g/mol. The predicted molar refractivity (Wildman–Crippen MR) is 54.4 cm³/mol. The van der Waals surface area contributed by atoms with Crippen molar-refractivity contribution in [2.24, 2.45) is 0 Å². The predicted octanol–water partition coefficient (Wildman–Crippen LogP) is 0.526. The van der Waals surface area contributed by atoms with Crippen LogP contribution in [0.4, 0.5) is 5.88 Å². The SMILES string of the molecule is CN(C)c1ccc(C2(O)CCNC2)o1. The van der Waals surface area contributed by atoms with Gasteiger partial charge in [-0.25, -0.2) is 0 Å².